The normalized spacial score (nSPS) is 10.3. The number of aromatic nitrogens is 2. The molecular formula is C11H10IN3O3. The molecule has 0 radical (unpaired) electrons. The average Bonchev–Trinajstić information content (AvgIpc) is 2.80. The Hall–Kier alpha value is -1.64. The number of nitrogens with zero attached hydrogens (tertiary/aromatic N) is 3. The van der Waals surface area contributed by atoms with Crippen molar-refractivity contribution in [2.45, 2.75) is 6.54 Å². The highest BCUT2D eigenvalue weighted by atomic mass is 127. The second-order valence-corrected chi connectivity index (χ2v) is 4.62. The molecule has 18 heavy (non-hydrogen) atoms. The molecule has 1 aromatic heterocycles. The zero-order chi connectivity index (χ0) is 13.0. The maximum Gasteiger partial charge on any atom is 0.434 e. The van der Waals surface area contributed by atoms with Crippen LogP contribution in [0.1, 0.15) is 0 Å². The summed E-state index contributed by atoms with van der Waals surface area (Å²) in [6, 6.07) is 7.62. The van der Waals surface area contributed by atoms with Gasteiger partial charge < -0.3 is 14.9 Å². The second-order valence-electron chi connectivity index (χ2n) is 3.46. The van der Waals surface area contributed by atoms with Crippen molar-refractivity contribution in [2.75, 3.05) is 6.61 Å². The third kappa shape index (κ3) is 2.97. The molecule has 94 valence electrons. The third-order valence-corrected chi connectivity index (χ3v) is 3.17. The van der Waals surface area contributed by atoms with Gasteiger partial charge in [0.1, 0.15) is 31.3 Å². The van der Waals surface area contributed by atoms with Crippen LogP contribution in [0.15, 0.2) is 36.7 Å². The Balaban J connectivity index is 1.95. The van der Waals surface area contributed by atoms with Crippen LogP contribution in [-0.4, -0.2) is 21.1 Å². The van der Waals surface area contributed by atoms with Crippen LogP contribution in [0.25, 0.3) is 0 Å². The second kappa shape index (κ2) is 5.80. The number of para-hydroxylation sites is 1. The highest BCUT2D eigenvalue weighted by Crippen LogP contribution is 2.19. The summed E-state index contributed by atoms with van der Waals surface area (Å²) >= 11 is 2.18. The summed E-state index contributed by atoms with van der Waals surface area (Å²) in [5.74, 6) is 0.613. The Bertz CT molecular complexity index is 556. The maximum absolute atomic E-state index is 10.7. The first kappa shape index (κ1) is 12.8. The zero-order valence-electron chi connectivity index (χ0n) is 9.32. The van der Waals surface area contributed by atoms with Crippen LogP contribution in [0.4, 0.5) is 5.95 Å². The van der Waals surface area contributed by atoms with E-state index in [0.29, 0.717) is 13.2 Å². The number of ether oxygens (including phenoxy) is 1. The fourth-order valence-electron chi connectivity index (χ4n) is 1.46. The molecule has 0 N–H and O–H groups in total. The molecule has 0 aliphatic carbocycles. The molecule has 0 saturated carbocycles. The minimum absolute atomic E-state index is 0.165. The lowest BCUT2D eigenvalue weighted by Crippen LogP contribution is -2.10. The van der Waals surface area contributed by atoms with Crippen LogP contribution in [0.3, 0.4) is 0 Å². The van der Waals surface area contributed by atoms with E-state index in [4.69, 9.17) is 4.74 Å². The molecule has 1 heterocycles. The number of hydrogen-bond acceptors (Lipinski definition) is 4. The van der Waals surface area contributed by atoms with Crippen molar-refractivity contribution in [3.05, 3.63) is 50.3 Å². The maximum atomic E-state index is 10.7. The van der Waals surface area contributed by atoms with E-state index in [9.17, 15) is 10.1 Å². The van der Waals surface area contributed by atoms with Gasteiger partial charge >= 0.3 is 5.95 Å². The van der Waals surface area contributed by atoms with Crippen LogP contribution >= 0.6 is 22.6 Å². The molecule has 2 rings (SSSR count). The Morgan fingerprint density at radius 2 is 2.22 bits per heavy atom. The van der Waals surface area contributed by atoms with E-state index in [1.165, 1.54) is 10.8 Å². The van der Waals surface area contributed by atoms with Crippen molar-refractivity contribution in [2.24, 2.45) is 0 Å². The molecule has 1 aromatic carbocycles. The number of hydrogen-bond donors (Lipinski definition) is 0. The first-order chi connectivity index (χ1) is 8.68. The third-order valence-electron chi connectivity index (χ3n) is 2.28. The predicted molar refractivity (Wildman–Crippen MR) is 73.5 cm³/mol. The quantitative estimate of drug-likeness (QED) is 0.467. The van der Waals surface area contributed by atoms with E-state index < -0.39 is 4.92 Å². The van der Waals surface area contributed by atoms with Crippen LogP contribution < -0.4 is 4.74 Å². The largest absolute Gasteiger partial charge is 0.489 e. The van der Waals surface area contributed by atoms with Crippen molar-refractivity contribution < 1.29 is 9.66 Å². The van der Waals surface area contributed by atoms with Crippen molar-refractivity contribution in [1.82, 2.24) is 9.55 Å². The van der Waals surface area contributed by atoms with Gasteiger partial charge in [-0.05, 0) is 39.6 Å². The lowest BCUT2D eigenvalue weighted by Gasteiger charge is -2.07. The van der Waals surface area contributed by atoms with E-state index in [0.717, 1.165) is 9.32 Å². The van der Waals surface area contributed by atoms with E-state index in [2.05, 4.69) is 27.6 Å². The fraction of sp³-hybridized carbons (Fsp3) is 0.182. The summed E-state index contributed by atoms with van der Waals surface area (Å²) in [6.07, 6.45) is 2.97. The van der Waals surface area contributed by atoms with Gasteiger partial charge in [0.15, 0.2) is 0 Å². The molecule has 0 bridgehead atoms. The van der Waals surface area contributed by atoms with Gasteiger partial charge in [0.05, 0.1) is 3.57 Å². The van der Waals surface area contributed by atoms with Gasteiger partial charge in [-0.1, -0.05) is 17.1 Å². The monoisotopic (exact) mass is 359 g/mol. The Morgan fingerprint density at radius 3 is 2.94 bits per heavy atom. The summed E-state index contributed by atoms with van der Waals surface area (Å²) < 4.78 is 8.03. The zero-order valence-corrected chi connectivity index (χ0v) is 11.5. The molecule has 0 aliphatic rings. The van der Waals surface area contributed by atoms with E-state index >= 15 is 0 Å². The molecule has 0 spiro atoms. The highest BCUT2D eigenvalue weighted by Gasteiger charge is 2.13. The van der Waals surface area contributed by atoms with Crippen LogP contribution in [0, 0.1) is 13.7 Å². The first-order valence-electron chi connectivity index (χ1n) is 5.21. The number of imidazole rings is 1. The van der Waals surface area contributed by atoms with Crippen molar-refractivity contribution in [1.29, 1.82) is 0 Å². The van der Waals surface area contributed by atoms with Gasteiger partial charge in [-0.15, -0.1) is 0 Å². The molecule has 2 aromatic rings. The van der Waals surface area contributed by atoms with E-state index in [-0.39, 0.29) is 5.95 Å². The number of benzene rings is 1. The minimum atomic E-state index is -0.508. The topological polar surface area (TPSA) is 70.2 Å². The van der Waals surface area contributed by atoms with Gasteiger partial charge in [0, 0.05) is 0 Å². The molecule has 0 atom stereocenters. The lowest BCUT2D eigenvalue weighted by molar-refractivity contribution is -0.396. The molecule has 0 amide bonds. The van der Waals surface area contributed by atoms with Crippen LogP contribution in [0.5, 0.6) is 5.75 Å². The summed E-state index contributed by atoms with van der Waals surface area (Å²) in [6.45, 7) is 0.749. The molecule has 0 unspecified atom stereocenters. The summed E-state index contributed by atoms with van der Waals surface area (Å²) in [4.78, 5) is 13.8. The highest BCUT2D eigenvalue weighted by molar-refractivity contribution is 14.1. The van der Waals surface area contributed by atoms with Gasteiger partial charge in [-0.2, -0.15) is 0 Å². The minimum Gasteiger partial charge on any atom is -0.489 e. The van der Waals surface area contributed by atoms with Crippen molar-refractivity contribution in [3.8, 4) is 5.75 Å². The summed E-state index contributed by atoms with van der Waals surface area (Å²) in [5, 5.41) is 10.7. The Labute approximate surface area is 117 Å². The summed E-state index contributed by atoms with van der Waals surface area (Å²) in [7, 11) is 0. The Kier molecular flexibility index (Phi) is 4.13. The van der Waals surface area contributed by atoms with Gasteiger partial charge in [-0.25, -0.2) is 4.57 Å². The molecule has 0 aliphatic heterocycles. The van der Waals surface area contributed by atoms with Gasteiger partial charge in [-0.3, -0.25) is 0 Å². The molecular weight excluding hydrogens is 349 g/mol. The summed E-state index contributed by atoms with van der Waals surface area (Å²) in [5.41, 5.74) is 0. The van der Waals surface area contributed by atoms with Crippen molar-refractivity contribution >= 4 is 28.5 Å². The lowest BCUT2D eigenvalue weighted by atomic mass is 10.3. The number of nitro groups is 1. The van der Waals surface area contributed by atoms with Gasteiger partial charge in [0.25, 0.3) is 0 Å². The average molecular weight is 359 g/mol. The molecule has 0 saturated heterocycles. The SMILES string of the molecule is O=[N+]([O-])c1nccn1CCOc1ccccc1I. The standard InChI is InChI=1S/C11H10IN3O3/c12-9-3-1-2-4-10(9)18-8-7-14-6-5-13-11(14)15(16)17/h1-6H,7-8H2. The molecule has 6 nitrogen and oxygen atoms in total. The van der Waals surface area contributed by atoms with Crippen LogP contribution in [0.2, 0.25) is 0 Å². The first-order valence-corrected chi connectivity index (χ1v) is 6.29. The molecule has 7 heteroatoms. The van der Waals surface area contributed by atoms with E-state index in [1.807, 2.05) is 24.3 Å². The van der Waals surface area contributed by atoms with Gasteiger partial charge in [0.2, 0.25) is 0 Å². The van der Waals surface area contributed by atoms with E-state index in [1.54, 1.807) is 6.20 Å². The smallest absolute Gasteiger partial charge is 0.434 e. The van der Waals surface area contributed by atoms with Crippen molar-refractivity contribution in [3.63, 3.8) is 0 Å². The molecule has 0 fully saturated rings. The Morgan fingerprint density at radius 1 is 1.44 bits per heavy atom. The van der Waals surface area contributed by atoms with Crippen LogP contribution in [-0.2, 0) is 6.54 Å². The fourth-order valence-corrected chi connectivity index (χ4v) is 2.01. The number of halogens is 1. The number of rotatable bonds is 5. The predicted octanol–water partition coefficient (Wildman–Crippen LogP) is 2.47.